The number of anilines is 1. The van der Waals surface area contributed by atoms with Gasteiger partial charge in [-0.15, -0.1) is 11.3 Å². The number of hydrogen-bond donors (Lipinski definition) is 1. The van der Waals surface area contributed by atoms with Crippen LogP contribution in [0.2, 0.25) is 0 Å². The number of hydrogen-bond acceptors (Lipinski definition) is 5. The van der Waals surface area contributed by atoms with E-state index in [4.69, 9.17) is 9.47 Å². The van der Waals surface area contributed by atoms with Gasteiger partial charge in [-0.05, 0) is 36.2 Å². The molecule has 1 aromatic heterocycles. The molecule has 3 aromatic rings. The first-order chi connectivity index (χ1) is 14.7. The van der Waals surface area contributed by atoms with Crippen molar-refractivity contribution in [2.75, 3.05) is 45.3 Å². The lowest BCUT2D eigenvalue weighted by Gasteiger charge is -2.26. The van der Waals surface area contributed by atoms with Crippen molar-refractivity contribution in [1.82, 2.24) is 4.90 Å². The van der Waals surface area contributed by atoms with Crippen LogP contribution in [0.3, 0.4) is 0 Å². The summed E-state index contributed by atoms with van der Waals surface area (Å²) in [6, 6.07) is 12.8. The molecule has 1 aliphatic rings. The van der Waals surface area contributed by atoms with Crippen molar-refractivity contribution in [2.24, 2.45) is 0 Å². The highest BCUT2D eigenvalue weighted by Crippen LogP contribution is 2.34. The second-order valence-corrected chi connectivity index (χ2v) is 8.36. The highest BCUT2D eigenvalue weighted by atomic mass is 32.1. The summed E-state index contributed by atoms with van der Waals surface area (Å²) in [4.78, 5) is 15.8. The maximum absolute atomic E-state index is 14.3. The van der Waals surface area contributed by atoms with E-state index in [0.29, 0.717) is 15.8 Å². The maximum Gasteiger partial charge on any atom is 0.266 e. The summed E-state index contributed by atoms with van der Waals surface area (Å²) in [6.07, 6.45) is 0.960. The summed E-state index contributed by atoms with van der Waals surface area (Å²) in [5, 5.41) is 3.40. The van der Waals surface area contributed by atoms with E-state index >= 15 is 0 Å². The number of carbonyl (C=O) groups is 1. The third-order valence-corrected chi connectivity index (χ3v) is 6.49. The van der Waals surface area contributed by atoms with E-state index in [9.17, 15) is 9.18 Å². The zero-order chi connectivity index (χ0) is 20.9. The molecule has 1 fully saturated rings. The van der Waals surface area contributed by atoms with E-state index in [-0.39, 0.29) is 18.3 Å². The topological polar surface area (TPSA) is 50.8 Å². The van der Waals surface area contributed by atoms with E-state index in [1.807, 2.05) is 30.3 Å². The molecule has 0 bridgehead atoms. The van der Waals surface area contributed by atoms with Gasteiger partial charge in [0.1, 0.15) is 5.82 Å². The van der Waals surface area contributed by atoms with Crippen LogP contribution in [0.4, 0.5) is 10.1 Å². The summed E-state index contributed by atoms with van der Waals surface area (Å²) < 4.78 is 25.7. The van der Waals surface area contributed by atoms with Crippen molar-refractivity contribution in [3.05, 3.63) is 64.3 Å². The smallest absolute Gasteiger partial charge is 0.266 e. The lowest BCUT2D eigenvalue weighted by molar-refractivity contribution is 0.0384. The van der Waals surface area contributed by atoms with Crippen molar-refractivity contribution in [1.29, 1.82) is 0 Å². The first kappa shape index (κ1) is 20.9. The van der Waals surface area contributed by atoms with Crippen LogP contribution in [0.15, 0.2) is 42.5 Å². The lowest BCUT2D eigenvalue weighted by atomic mass is 10.1. The molecule has 7 heteroatoms. The van der Waals surface area contributed by atoms with Crippen molar-refractivity contribution in [3.8, 4) is 0 Å². The Morgan fingerprint density at radius 3 is 2.70 bits per heavy atom. The first-order valence-corrected chi connectivity index (χ1v) is 10.9. The van der Waals surface area contributed by atoms with E-state index in [2.05, 4.69) is 10.2 Å². The standard InChI is InChI=1S/C23H25FN2O3S/c1-28-15-18-21-19(24)3-2-4-20(21)30-22(18)23(27)25-17-7-5-16(6-8-17)9-10-26-11-13-29-14-12-26/h2-8H,9-15H2,1H3,(H,25,27). The third-order valence-electron chi connectivity index (χ3n) is 5.29. The number of rotatable bonds is 7. The minimum atomic E-state index is -0.334. The molecule has 158 valence electrons. The molecule has 0 unspecified atom stereocenters. The number of nitrogens with one attached hydrogen (secondary N) is 1. The van der Waals surface area contributed by atoms with Gasteiger partial charge in [-0.3, -0.25) is 9.69 Å². The van der Waals surface area contributed by atoms with Crippen molar-refractivity contribution in [2.45, 2.75) is 13.0 Å². The number of carbonyl (C=O) groups excluding carboxylic acids is 1. The molecule has 1 aliphatic heterocycles. The number of morpholine rings is 1. The molecule has 2 aromatic carbocycles. The van der Waals surface area contributed by atoms with Gasteiger partial charge in [-0.1, -0.05) is 18.2 Å². The van der Waals surface area contributed by atoms with Crippen molar-refractivity contribution in [3.63, 3.8) is 0 Å². The monoisotopic (exact) mass is 428 g/mol. The SMILES string of the molecule is COCc1c(C(=O)Nc2ccc(CCN3CCOCC3)cc2)sc2cccc(F)c12. The highest BCUT2D eigenvalue weighted by Gasteiger charge is 2.21. The molecule has 1 amide bonds. The van der Waals surface area contributed by atoms with Crippen LogP contribution in [-0.4, -0.2) is 50.8 Å². The summed E-state index contributed by atoms with van der Waals surface area (Å²) >= 11 is 1.28. The Hall–Kier alpha value is -2.32. The number of benzene rings is 2. The normalized spacial score (nSPS) is 14.9. The zero-order valence-electron chi connectivity index (χ0n) is 16.9. The van der Waals surface area contributed by atoms with E-state index in [1.54, 1.807) is 13.2 Å². The zero-order valence-corrected chi connectivity index (χ0v) is 17.8. The van der Waals surface area contributed by atoms with Crippen LogP contribution in [0, 0.1) is 5.82 Å². The molecule has 0 radical (unpaired) electrons. The van der Waals surface area contributed by atoms with Gasteiger partial charge >= 0.3 is 0 Å². The second kappa shape index (κ2) is 9.66. The summed E-state index contributed by atoms with van der Waals surface area (Å²) in [5.41, 5.74) is 2.54. The summed E-state index contributed by atoms with van der Waals surface area (Å²) in [7, 11) is 1.54. The van der Waals surface area contributed by atoms with E-state index in [0.717, 1.165) is 49.7 Å². The maximum atomic E-state index is 14.3. The van der Waals surface area contributed by atoms with Gasteiger partial charge in [0.15, 0.2) is 0 Å². The van der Waals surface area contributed by atoms with Crippen molar-refractivity contribution < 1.29 is 18.7 Å². The number of methoxy groups -OCH3 is 1. The molecular formula is C23H25FN2O3S. The molecule has 4 rings (SSSR count). The third kappa shape index (κ3) is 4.70. The Balaban J connectivity index is 1.45. The largest absolute Gasteiger partial charge is 0.380 e. The molecule has 1 N–H and O–H groups in total. The minimum Gasteiger partial charge on any atom is -0.380 e. The predicted molar refractivity (Wildman–Crippen MR) is 118 cm³/mol. The average Bonchev–Trinajstić information content (AvgIpc) is 3.14. The molecule has 2 heterocycles. The fourth-order valence-corrected chi connectivity index (χ4v) is 4.80. The fraction of sp³-hybridized carbons (Fsp3) is 0.348. The van der Waals surface area contributed by atoms with Gasteiger partial charge in [0.05, 0.1) is 24.7 Å². The number of nitrogens with zero attached hydrogens (tertiary/aromatic N) is 1. The average molecular weight is 429 g/mol. The Labute approximate surface area is 179 Å². The molecule has 0 aliphatic carbocycles. The number of ether oxygens (including phenoxy) is 2. The van der Waals surface area contributed by atoms with Gasteiger partial charge in [-0.2, -0.15) is 0 Å². The Kier molecular flexibility index (Phi) is 6.74. The van der Waals surface area contributed by atoms with Crippen LogP contribution < -0.4 is 5.32 Å². The number of fused-ring (bicyclic) bond motifs is 1. The Morgan fingerprint density at radius 2 is 1.97 bits per heavy atom. The Morgan fingerprint density at radius 1 is 1.20 bits per heavy atom. The molecule has 5 nitrogen and oxygen atoms in total. The summed E-state index contributed by atoms with van der Waals surface area (Å²) in [5.74, 6) is -0.580. The minimum absolute atomic E-state index is 0.185. The molecule has 0 spiro atoms. The van der Waals surface area contributed by atoms with Gasteiger partial charge in [-0.25, -0.2) is 4.39 Å². The molecule has 30 heavy (non-hydrogen) atoms. The molecule has 1 saturated heterocycles. The number of halogens is 1. The summed E-state index contributed by atoms with van der Waals surface area (Å²) in [6.45, 7) is 4.75. The van der Waals surface area contributed by atoms with Gasteiger partial charge in [0.25, 0.3) is 5.91 Å². The van der Waals surface area contributed by atoms with Crippen LogP contribution >= 0.6 is 11.3 Å². The quantitative estimate of drug-likeness (QED) is 0.609. The molecule has 0 saturated carbocycles. The number of thiophene rings is 1. The number of amides is 1. The van der Waals surface area contributed by atoms with Crippen LogP contribution in [0.1, 0.15) is 20.8 Å². The van der Waals surface area contributed by atoms with Crippen LogP contribution in [-0.2, 0) is 22.5 Å². The van der Waals surface area contributed by atoms with Gasteiger partial charge in [0.2, 0.25) is 0 Å². The molecular weight excluding hydrogens is 403 g/mol. The fourth-order valence-electron chi connectivity index (χ4n) is 3.69. The highest BCUT2D eigenvalue weighted by molar-refractivity contribution is 7.21. The van der Waals surface area contributed by atoms with Crippen molar-refractivity contribution >= 4 is 33.0 Å². The molecule has 0 atom stereocenters. The first-order valence-electron chi connectivity index (χ1n) is 10.0. The van der Waals surface area contributed by atoms with E-state index < -0.39 is 0 Å². The Bertz CT molecular complexity index is 1010. The second-order valence-electron chi connectivity index (χ2n) is 7.31. The van der Waals surface area contributed by atoms with Crippen LogP contribution in [0.25, 0.3) is 10.1 Å². The van der Waals surface area contributed by atoms with Crippen LogP contribution in [0.5, 0.6) is 0 Å². The van der Waals surface area contributed by atoms with Gasteiger partial charge < -0.3 is 14.8 Å². The van der Waals surface area contributed by atoms with Gasteiger partial charge in [0, 0.05) is 48.1 Å². The lowest BCUT2D eigenvalue weighted by Crippen LogP contribution is -2.37. The van der Waals surface area contributed by atoms with E-state index in [1.165, 1.54) is 23.0 Å². The predicted octanol–water partition coefficient (Wildman–Crippen LogP) is 4.31.